The van der Waals surface area contributed by atoms with E-state index in [0.29, 0.717) is 39.1 Å². The second-order valence-corrected chi connectivity index (χ2v) is 11.9. The van der Waals surface area contributed by atoms with Crippen LogP contribution in [0.15, 0.2) is 36.7 Å². The molecule has 2 N–H and O–H groups in total. The maximum atomic E-state index is 15.2. The molecule has 3 heterocycles. The van der Waals surface area contributed by atoms with Crippen molar-refractivity contribution in [2.75, 3.05) is 5.32 Å². The van der Waals surface area contributed by atoms with E-state index in [1.807, 2.05) is 20.8 Å². The van der Waals surface area contributed by atoms with Gasteiger partial charge in [-0.15, -0.1) is 0 Å². The Kier molecular flexibility index (Phi) is 6.90. The molecule has 10 heteroatoms. The lowest BCUT2D eigenvalue weighted by Gasteiger charge is -2.28. The van der Waals surface area contributed by atoms with Crippen LogP contribution in [0.5, 0.6) is 0 Å². The molecule has 2 amide bonds. The highest BCUT2D eigenvalue weighted by Crippen LogP contribution is 2.51. The van der Waals surface area contributed by atoms with Crippen LogP contribution < -0.4 is 15.4 Å². The quantitative estimate of drug-likeness (QED) is 0.255. The predicted octanol–water partition coefficient (Wildman–Crippen LogP) is 4.26. The molecule has 3 aromatic heterocycles. The SMILES string of the molecule is Cc1cc(-c2ccc(NC(=O)[C@@H](NC(=O)c3ccnn3C(C)(C)C)C(C3CC3)C3CC3)nc2F)c(C)[n+]([O-])c1. The lowest BCUT2D eigenvalue weighted by molar-refractivity contribution is -0.612. The first-order chi connectivity index (χ1) is 18.4. The van der Waals surface area contributed by atoms with Gasteiger partial charge in [0, 0.05) is 24.2 Å². The summed E-state index contributed by atoms with van der Waals surface area (Å²) in [4.78, 5) is 31.1. The Hall–Kier alpha value is -3.82. The fourth-order valence-corrected chi connectivity index (χ4v) is 5.40. The van der Waals surface area contributed by atoms with Crippen LogP contribution in [0.4, 0.5) is 10.2 Å². The third kappa shape index (κ3) is 5.65. The van der Waals surface area contributed by atoms with Gasteiger partial charge in [0.2, 0.25) is 11.9 Å². The summed E-state index contributed by atoms with van der Waals surface area (Å²) in [6.07, 6.45) is 7.11. The van der Waals surface area contributed by atoms with E-state index in [4.69, 9.17) is 0 Å². The van der Waals surface area contributed by atoms with Crippen molar-refractivity contribution < 1.29 is 18.7 Å². The molecule has 9 nitrogen and oxygen atoms in total. The van der Waals surface area contributed by atoms with E-state index < -0.39 is 23.4 Å². The summed E-state index contributed by atoms with van der Waals surface area (Å²) in [6.45, 7) is 9.24. The summed E-state index contributed by atoms with van der Waals surface area (Å²) in [5.74, 6) is -0.788. The Morgan fingerprint density at radius 3 is 2.36 bits per heavy atom. The first-order valence-electron chi connectivity index (χ1n) is 13.5. The third-order valence-electron chi connectivity index (χ3n) is 7.60. The highest BCUT2D eigenvalue weighted by atomic mass is 19.1. The summed E-state index contributed by atoms with van der Waals surface area (Å²) < 4.78 is 17.5. The molecular weight excluding hydrogens is 499 g/mol. The lowest BCUT2D eigenvalue weighted by Crippen LogP contribution is -2.50. The summed E-state index contributed by atoms with van der Waals surface area (Å²) in [6, 6.07) is 5.61. The number of nitrogens with one attached hydrogen (secondary N) is 2. The molecular formula is C29H35FN6O3. The van der Waals surface area contributed by atoms with Crippen LogP contribution in [0.25, 0.3) is 11.1 Å². The van der Waals surface area contributed by atoms with E-state index in [1.54, 1.807) is 36.9 Å². The summed E-state index contributed by atoms with van der Waals surface area (Å²) in [7, 11) is 0. The van der Waals surface area contributed by atoms with Gasteiger partial charge in [-0.25, -0.2) is 4.98 Å². The van der Waals surface area contributed by atoms with Crippen molar-refractivity contribution >= 4 is 17.6 Å². The van der Waals surface area contributed by atoms with E-state index in [2.05, 4.69) is 20.7 Å². The summed E-state index contributed by atoms with van der Waals surface area (Å²) in [5, 5.41) is 22.2. The van der Waals surface area contributed by atoms with E-state index in [9.17, 15) is 14.8 Å². The van der Waals surface area contributed by atoms with Gasteiger partial charge in [0.15, 0.2) is 11.9 Å². The van der Waals surface area contributed by atoms with E-state index in [1.165, 1.54) is 18.3 Å². The van der Waals surface area contributed by atoms with Crippen molar-refractivity contribution in [3.63, 3.8) is 0 Å². The second-order valence-electron chi connectivity index (χ2n) is 11.9. The zero-order valence-corrected chi connectivity index (χ0v) is 23.0. The average molecular weight is 535 g/mol. The molecule has 0 spiro atoms. The van der Waals surface area contributed by atoms with Crippen molar-refractivity contribution in [3.8, 4) is 11.1 Å². The third-order valence-corrected chi connectivity index (χ3v) is 7.60. The zero-order chi connectivity index (χ0) is 28.1. The second kappa shape index (κ2) is 10.1. The van der Waals surface area contributed by atoms with Crippen molar-refractivity contribution in [3.05, 3.63) is 64.8 Å². The van der Waals surface area contributed by atoms with Gasteiger partial charge in [-0.1, -0.05) is 0 Å². The molecule has 2 aliphatic carbocycles. The molecule has 0 radical (unpaired) electrons. The standard InChI is InChI=1S/C29H35FN6O3/c1-16-14-21(17(2)35(39)15-16)20-10-11-23(32-26(20)30)33-28(38)25(24(18-6-7-18)19-8-9-19)34-27(37)22-12-13-31-36(22)29(3,4)5/h10-15,18-19,24-25H,6-9H2,1-5H3,(H,34,37)(H,32,33,38)/t25-/m0/s1. The number of hydrogen-bond acceptors (Lipinski definition) is 5. The molecule has 0 aliphatic heterocycles. The van der Waals surface area contributed by atoms with Gasteiger partial charge in [0.05, 0.1) is 11.1 Å². The van der Waals surface area contributed by atoms with E-state index in [0.717, 1.165) is 25.7 Å². The smallest absolute Gasteiger partial charge is 0.270 e. The number of amides is 2. The van der Waals surface area contributed by atoms with Crippen molar-refractivity contribution in [1.82, 2.24) is 20.1 Å². The van der Waals surface area contributed by atoms with Gasteiger partial charge in [0.1, 0.15) is 17.6 Å². The van der Waals surface area contributed by atoms with E-state index in [-0.39, 0.29) is 23.2 Å². The Balaban J connectivity index is 1.40. The number of halogens is 1. The Morgan fingerprint density at radius 2 is 1.77 bits per heavy atom. The minimum atomic E-state index is -0.794. The fourth-order valence-electron chi connectivity index (χ4n) is 5.40. The number of hydrogen-bond donors (Lipinski definition) is 2. The van der Waals surface area contributed by atoms with Gasteiger partial charge in [-0.05, 0) is 95.4 Å². The number of aryl methyl sites for hydroxylation is 1. The van der Waals surface area contributed by atoms with Crippen LogP contribution in [0, 0.1) is 42.8 Å². The van der Waals surface area contributed by atoms with Gasteiger partial charge in [-0.2, -0.15) is 14.2 Å². The summed E-state index contributed by atoms with van der Waals surface area (Å²) in [5.41, 5.74) is 1.63. The van der Waals surface area contributed by atoms with Crippen LogP contribution in [0.3, 0.4) is 0 Å². The van der Waals surface area contributed by atoms with Gasteiger partial charge in [-0.3, -0.25) is 14.3 Å². The molecule has 3 aromatic rings. The topological polar surface area (TPSA) is 116 Å². The van der Waals surface area contributed by atoms with Gasteiger partial charge >= 0.3 is 0 Å². The normalized spacial score (nSPS) is 16.3. The van der Waals surface area contributed by atoms with Crippen molar-refractivity contribution in [2.24, 2.45) is 17.8 Å². The molecule has 1 atom stereocenters. The molecule has 0 saturated heterocycles. The van der Waals surface area contributed by atoms with Gasteiger partial charge < -0.3 is 15.8 Å². The Morgan fingerprint density at radius 1 is 1.10 bits per heavy atom. The highest BCUT2D eigenvalue weighted by molar-refractivity contribution is 6.00. The van der Waals surface area contributed by atoms with Crippen LogP contribution in [0.2, 0.25) is 0 Å². The maximum Gasteiger partial charge on any atom is 0.270 e. The van der Waals surface area contributed by atoms with Crippen LogP contribution in [-0.4, -0.2) is 32.6 Å². The molecule has 206 valence electrons. The summed E-state index contributed by atoms with van der Waals surface area (Å²) >= 11 is 0. The van der Waals surface area contributed by atoms with Gasteiger partial charge in [0.25, 0.3) is 5.91 Å². The number of pyridine rings is 2. The van der Waals surface area contributed by atoms with Crippen molar-refractivity contribution in [2.45, 2.75) is 71.9 Å². The monoisotopic (exact) mass is 534 g/mol. The number of aromatic nitrogens is 4. The number of carbonyl (C=O) groups is 2. The fraction of sp³-hybridized carbons (Fsp3) is 0.483. The van der Waals surface area contributed by atoms with E-state index >= 15 is 4.39 Å². The molecule has 5 rings (SSSR count). The molecule has 0 bridgehead atoms. The molecule has 0 aromatic carbocycles. The predicted molar refractivity (Wildman–Crippen MR) is 144 cm³/mol. The molecule has 0 unspecified atom stereocenters. The van der Waals surface area contributed by atoms with Crippen LogP contribution in [0.1, 0.15) is 68.2 Å². The Labute approximate surface area is 227 Å². The minimum absolute atomic E-state index is 0.00604. The first-order valence-corrected chi connectivity index (χ1v) is 13.5. The molecule has 2 aliphatic rings. The first kappa shape index (κ1) is 26.8. The molecule has 2 saturated carbocycles. The van der Waals surface area contributed by atoms with Crippen molar-refractivity contribution in [1.29, 1.82) is 0 Å². The zero-order valence-electron chi connectivity index (χ0n) is 23.0. The lowest BCUT2D eigenvalue weighted by atomic mass is 9.88. The maximum absolute atomic E-state index is 15.2. The average Bonchev–Trinajstić information content (AvgIpc) is 3.80. The largest absolute Gasteiger partial charge is 0.618 e. The van der Waals surface area contributed by atoms with Crippen LogP contribution >= 0.6 is 0 Å². The van der Waals surface area contributed by atoms with Crippen LogP contribution in [-0.2, 0) is 10.3 Å². The number of rotatable bonds is 8. The highest BCUT2D eigenvalue weighted by Gasteiger charge is 2.48. The number of carbonyl (C=O) groups excluding carboxylic acids is 2. The minimum Gasteiger partial charge on any atom is -0.618 e. The number of nitrogens with zero attached hydrogens (tertiary/aromatic N) is 4. The molecule has 39 heavy (non-hydrogen) atoms. The Bertz CT molecular complexity index is 1410. The number of anilines is 1. The molecule has 2 fully saturated rings.